The Hall–Kier alpha value is -2.89. The highest BCUT2D eigenvalue weighted by Crippen LogP contribution is 2.14. The predicted molar refractivity (Wildman–Crippen MR) is 94.2 cm³/mol. The first-order valence-electron chi connectivity index (χ1n) is 8.11. The van der Waals surface area contributed by atoms with Crippen LogP contribution in [0.2, 0.25) is 0 Å². The molecule has 0 saturated carbocycles. The van der Waals surface area contributed by atoms with Crippen molar-refractivity contribution in [1.82, 2.24) is 4.90 Å². The normalized spacial score (nSPS) is 10.2. The van der Waals surface area contributed by atoms with Crippen LogP contribution >= 0.6 is 0 Å². The second kappa shape index (κ2) is 8.82. The third kappa shape index (κ3) is 5.31. The van der Waals surface area contributed by atoms with Crippen molar-refractivity contribution in [3.63, 3.8) is 0 Å². The molecule has 1 N–H and O–H groups in total. The van der Waals surface area contributed by atoms with E-state index in [2.05, 4.69) is 5.32 Å². The number of anilines is 1. The van der Waals surface area contributed by atoms with Gasteiger partial charge in [-0.1, -0.05) is 0 Å². The average molecular weight is 344 g/mol. The highest BCUT2D eigenvalue weighted by molar-refractivity contribution is 5.94. The van der Waals surface area contributed by atoms with E-state index in [-0.39, 0.29) is 24.2 Å². The van der Waals surface area contributed by atoms with E-state index in [1.54, 1.807) is 29.2 Å². The van der Waals surface area contributed by atoms with Crippen LogP contribution in [0.25, 0.3) is 0 Å². The molecule has 0 bridgehead atoms. The summed E-state index contributed by atoms with van der Waals surface area (Å²) in [7, 11) is 0. The van der Waals surface area contributed by atoms with Crippen molar-refractivity contribution in [3.05, 3.63) is 59.9 Å². The van der Waals surface area contributed by atoms with Crippen molar-refractivity contribution in [2.24, 2.45) is 0 Å². The molecular formula is C19H21FN2O3. The van der Waals surface area contributed by atoms with Gasteiger partial charge in [0.25, 0.3) is 11.8 Å². The lowest BCUT2D eigenvalue weighted by atomic mass is 10.2. The SMILES string of the molecule is CCN(CC)C(=O)c1ccc(OCC(=O)Nc2ccc(F)cc2)cc1. The van der Waals surface area contributed by atoms with Crippen LogP contribution < -0.4 is 10.1 Å². The quantitative estimate of drug-likeness (QED) is 0.838. The average Bonchev–Trinajstić information content (AvgIpc) is 2.63. The van der Waals surface area contributed by atoms with Gasteiger partial charge in [-0.05, 0) is 62.4 Å². The molecule has 132 valence electrons. The molecule has 0 spiro atoms. The zero-order valence-electron chi connectivity index (χ0n) is 14.3. The number of amides is 2. The van der Waals surface area contributed by atoms with E-state index in [1.807, 2.05) is 13.8 Å². The number of halogens is 1. The second-order valence-electron chi connectivity index (χ2n) is 5.35. The zero-order chi connectivity index (χ0) is 18.2. The van der Waals surface area contributed by atoms with Gasteiger partial charge in [0.2, 0.25) is 0 Å². The molecule has 5 nitrogen and oxygen atoms in total. The number of carbonyl (C=O) groups is 2. The molecule has 0 aliphatic rings. The number of benzene rings is 2. The number of ether oxygens (including phenoxy) is 1. The lowest BCUT2D eigenvalue weighted by Crippen LogP contribution is -2.30. The monoisotopic (exact) mass is 344 g/mol. The first kappa shape index (κ1) is 18.4. The molecule has 0 aliphatic heterocycles. The van der Waals surface area contributed by atoms with Crippen LogP contribution in [0.3, 0.4) is 0 Å². The summed E-state index contributed by atoms with van der Waals surface area (Å²) >= 11 is 0. The highest BCUT2D eigenvalue weighted by atomic mass is 19.1. The maximum Gasteiger partial charge on any atom is 0.262 e. The van der Waals surface area contributed by atoms with Gasteiger partial charge in [0.05, 0.1) is 0 Å². The highest BCUT2D eigenvalue weighted by Gasteiger charge is 2.12. The van der Waals surface area contributed by atoms with E-state index in [0.29, 0.717) is 30.1 Å². The predicted octanol–water partition coefficient (Wildman–Crippen LogP) is 3.33. The minimum absolute atomic E-state index is 0.0365. The lowest BCUT2D eigenvalue weighted by Gasteiger charge is -2.18. The summed E-state index contributed by atoms with van der Waals surface area (Å²) in [4.78, 5) is 25.8. The Morgan fingerprint density at radius 3 is 2.16 bits per heavy atom. The first-order valence-corrected chi connectivity index (χ1v) is 8.11. The smallest absolute Gasteiger partial charge is 0.262 e. The van der Waals surface area contributed by atoms with Gasteiger partial charge in [-0.15, -0.1) is 0 Å². The Kier molecular flexibility index (Phi) is 6.51. The summed E-state index contributed by atoms with van der Waals surface area (Å²) in [5.74, 6) is -0.264. The van der Waals surface area contributed by atoms with E-state index >= 15 is 0 Å². The van der Waals surface area contributed by atoms with Crippen LogP contribution in [0.1, 0.15) is 24.2 Å². The van der Waals surface area contributed by atoms with E-state index < -0.39 is 0 Å². The molecule has 2 aromatic carbocycles. The van der Waals surface area contributed by atoms with Gasteiger partial charge in [-0.25, -0.2) is 4.39 Å². The number of hydrogen-bond acceptors (Lipinski definition) is 3. The molecule has 2 rings (SSSR count). The zero-order valence-corrected chi connectivity index (χ0v) is 14.3. The van der Waals surface area contributed by atoms with Crippen LogP contribution in [0.15, 0.2) is 48.5 Å². The Balaban J connectivity index is 1.87. The summed E-state index contributed by atoms with van der Waals surface area (Å²) in [5, 5.41) is 2.61. The molecule has 0 unspecified atom stereocenters. The minimum atomic E-state index is -0.367. The number of nitrogens with one attached hydrogen (secondary N) is 1. The maximum atomic E-state index is 12.8. The van der Waals surface area contributed by atoms with Gasteiger partial charge in [0.1, 0.15) is 11.6 Å². The molecule has 0 fully saturated rings. The van der Waals surface area contributed by atoms with E-state index in [1.165, 1.54) is 24.3 Å². The Morgan fingerprint density at radius 2 is 1.60 bits per heavy atom. The number of carbonyl (C=O) groups excluding carboxylic acids is 2. The fourth-order valence-electron chi connectivity index (χ4n) is 2.27. The fourth-order valence-corrected chi connectivity index (χ4v) is 2.27. The molecule has 0 aromatic heterocycles. The van der Waals surface area contributed by atoms with Gasteiger partial charge in [-0.3, -0.25) is 9.59 Å². The molecular weight excluding hydrogens is 323 g/mol. The molecule has 0 aliphatic carbocycles. The van der Waals surface area contributed by atoms with E-state index in [4.69, 9.17) is 4.74 Å². The van der Waals surface area contributed by atoms with Gasteiger partial charge >= 0.3 is 0 Å². The van der Waals surface area contributed by atoms with E-state index in [0.717, 1.165) is 0 Å². The molecule has 0 heterocycles. The first-order chi connectivity index (χ1) is 12.0. The summed E-state index contributed by atoms with van der Waals surface area (Å²) in [5.41, 5.74) is 1.07. The van der Waals surface area contributed by atoms with Crippen LogP contribution in [0.5, 0.6) is 5.75 Å². The standard InChI is InChI=1S/C19H21FN2O3/c1-3-22(4-2)19(24)14-5-11-17(12-6-14)25-13-18(23)21-16-9-7-15(20)8-10-16/h5-12H,3-4,13H2,1-2H3,(H,21,23). The molecule has 2 aromatic rings. The van der Waals surface area contributed by atoms with Crippen LogP contribution in [0, 0.1) is 5.82 Å². The maximum absolute atomic E-state index is 12.8. The third-order valence-corrected chi connectivity index (χ3v) is 3.65. The number of hydrogen-bond donors (Lipinski definition) is 1. The van der Waals surface area contributed by atoms with Crippen molar-refractivity contribution in [3.8, 4) is 5.75 Å². The van der Waals surface area contributed by atoms with Crippen molar-refractivity contribution in [2.45, 2.75) is 13.8 Å². The topological polar surface area (TPSA) is 58.6 Å². The molecule has 0 radical (unpaired) electrons. The molecule has 6 heteroatoms. The van der Waals surface area contributed by atoms with Crippen LogP contribution in [0.4, 0.5) is 10.1 Å². The lowest BCUT2D eigenvalue weighted by molar-refractivity contribution is -0.118. The van der Waals surface area contributed by atoms with E-state index in [9.17, 15) is 14.0 Å². The van der Waals surface area contributed by atoms with Gasteiger partial charge in [-0.2, -0.15) is 0 Å². The molecule has 25 heavy (non-hydrogen) atoms. The summed E-state index contributed by atoms with van der Waals surface area (Å²) in [6.45, 7) is 4.98. The van der Waals surface area contributed by atoms with Gasteiger partial charge < -0.3 is 15.0 Å². The third-order valence-electron chi connectivity index (χ3n) is 3.65. The Labute approximate surface area is 146 Å². The summed E-state index contributed by atoms with van der Waals surface area (Å²) in [6.07, 6.45) is 0. The number of nitrogens with zero attached hydrogens (tertiary/aromatic N) is 1. The molecule has 2 amide bonds. The fraction of sp³-hybridized carbons (Fsp3) is 0.263. The second-order valence-corrected chi connectivity index (χ2v) is 5.35. The molecule has 0 atom stereocenters. The molecule has 0 saturated heterocycles. The Morgan fingerprint density at radius 1 is 1.00 bits per heavy atom. The largest absolute Gasteiger partial charge is 0.484 e. The summed E-state index contributed by atoms with van der Waals surface area (Å²) < 4.78 is 18.2. The van der Waals surface area contributed by atoms with Gasteiger partial charge in [0, 0.05) is 24.3 Å². The Bertz CT molecular complexity index is 710. The van der Waals surface area contributed by atoms with Crippen molar-refractivity contribution in [2.75, 3.05) is 25.0 Å². The minimum Gasteiger partial charge on any atom is -0.484 e. The van der Waals surface area contributed by atoms with Crippen molar-refractivity contribution < 1.29 is 18.7 Å². The summed E-state index contributed by atoms with van der Waals surface area (Å²) in [6, 6.07) is 12.1. The van der Waals surface area contributed by atoms with Crippen molar-refractivity contribution >= 4 is 17.5 Å². The van der Waals surface area contributed by atoms with Gasteiger partial charge in [0.15, 0.2) is 6.61 Å². The van der Waals surface area contributed by atoms with Crippen molar-refractivity contribution in [1.29, 1.82) is 0 Å². The van der Waals surface area contributed by atoms with Crippen LogP contribution in [-0.4, -0.2) is 36.4 Å². The van der Waals surface area contributed by atoms with Crippen LogP contribution in [-0.2, 0) is 4.79 Å². The number of rotatable bonds is 7.